The van der Waals surface area contributed by atoms with Gasteiger partial charge in [-0.3, -0.25) is 9.59 Å². The predicted molar refractivity (Wildman–Crippen MR) is 78.5 cm³/mol. The van der Waals surface area contributed by atoms with Crippen LogP contribution in [0.2, 0.25) is 0 Å². The van der Waals surface area contributed by atoms with Crippen LogP contribution in [0, 0.1) is 0 Å². The van der Waals surface area contributed by atoms with Crippen molar-refractivity contribution < 1.29 is 9.59 Å². The van der Waals surface area contributed by atoms with E-state index in [1.165, 1.54) is 0 Å². The molecule has 0 aliphatic carbocycles. The standard InChI is InChI=1S/C14H19BrN2O2/c1-4-13(18)17(10(2)14(19)16-3)9-11-5-7-12(15)8-6-11/h5-8,10H,4,9H2,1-3H3,(H,16,19). The number of rotatable bonds is 5. The third-order valence-corrected chi connectivity index (χ3v) is 3.51. The molecule has 4 nitrogen and oxygen atoms in total. The van der Waals surface area contributed by atoms with Crippen LogP contribution in [0.15, 0.2) is 28.7 Å². The topological polar surface area (TPSA) is 49.4 Å². The van der Waals surface area contributed by atoms with Crippen LogP contribution in [0.25, 0.3) is 0 Å². The lowest BCUT2D eigenvalue weighted by atomic mass is 10.1. The van der Waals surface area contributed by atoms with E-state index in [1.807, 2.05) is 24.3 Å². The van der Waals surface area contributed by atoms with Crippen molar-refractivity contribution in [1.82, 2.24) is 10.2 Å². The molecule has 1 rings (SSSR count). The summed E-state index contributed by atoms with van der Waals surface area (Å²) in [5, 5.41) is 2.58. The molecule has 0 fully saturated rings. The molecule has 1 aromatic carbocycles. The van der Waals surface area contributed by atoms with E-state index in [1.54, 1.807) is 25.8 Å². The molecule has 0 heterocycles. The number of likely N-dealkylation sites (N-methyl/N-ethyl adjacent to an activating group) is 1. The number of amides is 2. The van der Waals surface area contributed by atoms with E-state index in [0.717, 1.165) is 10.0 Å². The van der Waals surface area contributed by atoms with Gasteiger partial charge in [0.15, 0.2) is 0 Å². The fourth-order valence-corrected chi connectivity index (χ4v) is 2.05. The minimum Gasteiger partial charge on any atom is -0.357 e. The molecule has 0 bridgehead atoms. The van der Waals surface area contributed by atoms with E-state index >= 15 is 0 Å². The Labute approximate surface area is 122 Å². The Morgan fingerprint density at radius 3 is 2.37 bits per heavy atom. The Morgan fingerprint density at radius 1 is 1.32 bits per heavy atom. The normalized spacial score (nSPS) is 11.8. The molecule has 1 atom stereocenters. The summed E-state index contributed by atoms with van der Waals surface area (Å²) in [7, 11) is 1.58. The highest BCUT2D eigenvalue weighted by Gasteiger charge is 2.24. The van der Waals surface area contributed by atoms with Crippen LogP contribution in [0.4, 0.5) is 0 Å². The van der Waals surface area contributed by atoms with E-state index in [-0.39, 0.29) is 11.8 Å². The van der Waals surface area contributed by atoms with Gasteiger partial charge in [-0.25, -0.2) is 0 Å². The molecule has 1 N–H and O–H groups in total. The molecule has 0 radical (unpaired) electrons. The monoisotopic (exact) mass is 326 g/mol. The van der Waals surface area contributed by atoms with Crippen LogP contribution in [0.1, 0.15) is 25.8 Å². The van der Waals surface area contributed by atoms with Crippen molar-refractivity contribution in [3.8, 4) is 0 Å². The fourth-order valence-electron chi connectivity index (χ4n) is 1.78. The molecule has 0 saturated heterocycles. The summed E-state index contributed by atoms with van der Waals surface area (Å²) < 4.78 is 0.990. The molecule has 0 saturated carbocycles. The smallest absolute Gasteiger partial charge is 0.242 e. The van der Waals surface area contributed by atoms with Gasteiger partial charge in [-0.15, -0.1) is 0 Å². The second-order valence-corrected chi connectivity index (χ2v) is 5.21. The lowest BCUT2D eigenvalue weighted by Crippen LogP contribution is -2.46. The number of hydrogen-bond acceptors (Lipinski definition) is 2. The summed E-state index contributed by atoms with van der Waals surface area (Å²) in [6.45, 7) is 3.98. The SMILES string of the molecule is CCC(=O)N(Cc1ccc(Br)cc1)C(C)C(=O)NC. The number of nitrogens with one attached hydrogen (secondary N) is 1. The molecule has 1 aromatic rings. The molecule has 1 unspecified atom stereocenters. The lowest BCUT2D eigenvalue weighted by molar-refractivity contribution is -0.140. The first-order valence-corrected chi connectivity index (χ1v) is 7.04. The zero-order valence-electron chi connectivity index (χ0n) is 11.4. The van der Waals surface area contributed by atoms with E-state index in [4.69, 9.17) is 0 Å². The Hall–Kier alpha value is -1.36. The van der Waals surface area contributed by atoms with Crippen LogP contribution in [-0.2, 0) is 16.1 Å². The van der Waals surface area contributed by atoms with E-state index < -0.39 is 6.04 Å². The van der Waals surface area contributed by atoms with Gasteiger partial charge >= 0.3 is 0 Å². The molecular formula is C14H19BrN2O2. The second-order valence-electron chi connectivity index (χ2n) is 4.29. The number of hydrogen-bond donors (Lipinski definition) is 1. The molecular weight excluding hydrogens is 308 g/mol. The van der Waals surface area contributed by atoms with Crippen molar-refractivity contribution in [3.63, 3.8) is 0 Å². The lowest BCUT2D eigenvalue weighted by Gasteiger charge is -2.28. The summed E-state index contributed by atoms with van der Waals surface area (Å²) in [6, 6.07) is 7.26. The van der Waals surface area contributed by atoms with Crippen molar-refractivity contribution in [2.75, 3.05) is 7.05 Å². The summed E-state index contributed by atoms with van der Waals surface area (Å²) in [6.07, 6.45) is 0.387. The van der Waals surface area contributed by atoms with Crippen molar-refractivity contribution in [1.29, 1.82) is 0 Å². The van der Waals surface area contributed by atoms with Gasteiger partial charge in [0, 0.05) is 24.5 Å². The molecule has 0 spiro atoms. The Bertz CT molecular complexity index is 445. The maximum Gasteiger partial charge on any atom is 0.242 e. The molecule has 19 heavy (non-hydrogen) atoms. The van der Waals surface area contributed by atoms with Crippen molar-refractivity contribution >= 4 is 27.7 Å². The highest BCUT2D eigenvalue weighted by atomic mass is 79.9. The number of nitrogens with zero attached hydrogens (tertiary/aromatic N) is 1. The quantitative estimate of drug-likeness (QED) is 0.902. The van der Waals surface area contributed by atoms with Crippen LogP contribution in [0.3, 0.4) is 0 Å². The van der Waals surface area contributed by atoms with Gasteiger partial charge in [0.25, 0.3) is 0 Å². The number of carbonyl (C=O) groups is 2. The van der Waals surface area contributed by atoms with Crippen molar-refractivity contribution in [2.45, 2.75) is 32.9 Å². The Kier molecular flexibility index (Phi) is 6.02. The Balaban J connectivity index is 2.89. The molecule has 0 aliphatic rings. The minimum absolute atomic E-state index is 0.0287. The van der Waals surface area contributed by atoms with Gasteiger partial charge in [-0.05, 0) is 24.6 Å². The first kappa shape index (κ1) is 15.7. The second kappa shape index (κ2) is 7.28. The van der Waals surface area contributed by atoms with Crippen LogP contribution in [-0.4, -0.2) is 29.8 Å². The zero-order chi connectivity index (χ0) is 14.4. The van der Waals surface area contributed by atoms with Gasteiger partial charge in [0.05, 0.1) is 0 Å². The predicted octanol–water partition coefficient (Wildman–Crippen LogP) is 2.32. The van der Waals surface area contributed by atoms with Gasteiger partial charge < -0.3 is 10.2 Å². The van der Waals surface area contributed by atoms with Crippen LogP contribution < -0.4 is 5.32 Å². The maximum absolute atomic E-state index is 12.0. The first-order valence-electron chi connectivity index (χ1n) is 6.25. The number of benzene rings is 1. The highest BCUT2D eigenvalue weighted by molar-refractivity contribution is 9.10. The minimum atomic E-state index is -0.471. The average molecular weight is 327 g/mol. The summed E-state index contributed by atoms with van der Waals surface area (Å²) in [5.74, 6) is -0.182. The first-order chi connectivity index (χ1) is 8.99. The molecule has 5 heteroatoms. The van der Waals surface area contributed by atoms with Gasteiger partial charge in [0.1, 0.15) is 6.04 Å². The van der Waals surface area contributed by atoms with Gasteiger partial charge in [-0.1, -0.05) is 35.0 Å². The third kappa shape index (κ3) is 4.35. The molecule has 0 aromatic heterocycles. The average Bonchev–Trinajstić information content (AvgIpc) is 2.44. The van der Waals surface area contributed by atoms with E-state index in [0.29, 0.717) is 13.0 Å². The summed E-state index contributed by atoms with van der Waals surface area (Å²) >= 11 is 3.37. The summed E-state index contributed by atoms with van der Waals surface area (Å²) in [4.78, 5) is 25.3. The number of halogens is 1. The maximum atomic E-state index is 12.0. The fraction of sp³-hybridized carbons (Fsp3) is 0.429. The van der Waals surface area contributed by atoms with Crippen molar-refractivity contribution in [3.05, 3.63) is 34.3 Å². The van der Waals surface area contributed by atoms with Crippen molar-refractivity contribution in [2.24, 2.45) is 0 Å². The third-order valence-electron chi connectivity index (χ3n) is 2.98. The highest BCUT2D eigenvalue weighted by Crippen LogP contribution is 2.14. The Morgan fingerprint density at radius 2 is 1.89 bits per heavy atom. The van der Waals surface area contributed by atoms with Crippen LogP contribution in [0.5, 0.6) is 0 Å². The molecule has 0 aliphatic heterocycles. The van der Waals surface area contributed by atoms with Crippen LogP contribution >= 0.6 is 15.9 Å². The van der Waals surface area contributed by atoms with E-state index in [9.17, 15) is 9.59 Å². The molecule has 104 valence electrons. The van der Waals surface area contributed by atoms with E-state index in [2.05, 4.69) is 21.2 Å². The molecule has 2 amide bonds. The van der Waals surface area contributed by atoms with Gasteiger partial charge in [0.2, 0.25) is 11.8 Å². The summed E-state index contributed by atoms with van der Waals surface area (Å²) in [5.41, 5.74) is 1.00. The zero-order valence-corrected chi connectivity index (χ0v) is 13.0. The van der Waals surface area contributed by atoms with Gasteiger partial charge in [-0.2, -0.15) is 0 Å². The largest absolute Gasteiger partial charge is 0.357 e. The number of carbonyl (C=O) groups excluding carboxylic acids is 2.